The highest BCUT2D eigenvalue weighted by atomic mass is 16.7. The first-order chi connectivity index (χ1) is 21.2. The summed E-state index contributed by atoms with van der Waals surface area (Å²) in [6.45, 7) is 16.7. The van der Waals surface area contributed by atoms with Gasteiger partial charge in [0.25, 0.3) is 0 Å². The Kier molecular flexibility index (Phi) is 8.71. The predicted molar refractivity (Wildman–Crippen MR) is 169 cm³/mol. The molecule has 0 aromatic carbocycles. The molecule has 10 nitrogen and oxygen atoms in total. The van der Waals surface area contributed by atoms with E-state index >= 15 is 0 Å². The van der Waals surface area contributed by atoms with Crippen LogP contribution in [0, 0.1) is 45.3 Å². The number of hydrogen-bond donors (Lipinski definition) is 7. The van der Waals surface area contributed by atoms with Crippen LogP contribution in [0.5, 0.6) is 0 Å². The first kappa shape index (κ1) is 35.4. The number of aliphatic hydroxyl groups is 7. The van der Waals surface area contributed by atoms with E-state index in [0.717, 1.165) is 25.7 Å². The Hall–Kier alpha value is -0.400. The summed E-state index contributed by atoms with van der Waals surface area (Å²) in [5, 5.41) is 76.3. The number of ether oxygens (including phenoxy) is 3. The van der Waals surface area contributed by atoms with Gasteiger partial charge < -0.3 is 50.0 Å². The van der Waals surface area contributed by atoms with Gasteiger partial charge in [0, 0.05) is 0 Å². The van der Waals surface area contributed by atoms with E-state index in [1.165, 1.54) is 0 Å². The normalized spacial score (nSPS) is 58.1. The largest absolute Gasteiger partial charge is 0.394 e. The van der Waals surface area contributed by atoms with Crippen molar-refractivity contribution in [1.29, 1.82) is 0 Å². The van der Waals surface area contributed by atoms with Crippen LogP contribution in [0.15, 0.2) is 0 Å². The molecule has 266 valence electrons. The standard InChI is InChI=1S/C36H62O10/c1-31(2)23(39)10-12-33(5)22-15-19(38)25-18(36(8)14-11-24(40)32(3,4)46-36)9-13-34(25,6)35(22,7)16-20(29(31)33)44-30-28(43)27(42)26(41)21(17-37)45-30/h18-30,37-43H,9-17H2,1-8H3/t18-,19+,20-,21+,22+,23-,24+,25-,26+,27-,28+,29-,30+,33+,34+,35+,36-/m0/s1. The van der Waals surface area contributed by atoms with Gasteiger partial charge in [0.05, 0.1) is 42.2 Å². The minimum Gasteiger partial charge on any atom is -0.394 e. The van der Waals surface area contributed by atoms with Crippen LogP contribution < -0.4 is 0 Å². The molecular formula is C36H62O10. The zero-order chi connectivity index (χ0) is 34.0. The molecule has 4 aliphatic carbocycles. The van der Waals surface area contributed by atoms with Gasteiger partial charge in [-0.15, -0.1) is 0 Å². The van der Waals surface area contributed by atoms with Crippen LogP contribution in [0.1, 0.15) is 107 Å². The first-order valence-electron chi connectivity index (χ1n) is 17.9. The fourth-order valence-electron chi connectivity index (χ4n) is 12.8. The lowest BCUT2D eigenvalue weighted by Gasteiger charge is -2.72. The van der Waals surface area contributed by atoms with Crippen LogP contribution in [0.25, 0.3) is 0 Å². The third kappa shape index (κ3) is 4.86. The summed E-state index contributed by atoms with van der Waals surface area (Å²) in [6.07, 6.45) is -3.11. The Bertz CT molecular complexity index is 1150. The summed E-state index contributed by atoms with van der Waals surface area (Å²) in [4.78, 5) is 0. The minimum absolute atomic E-state index is 0.0277. The van der Waals surface area contributed by atoms with Gasteiger partial charge in [-0.25, -0.2) is 0 Å². The van der Waals surface area contributed by atoms with Crippen LogP contribution >= 0.6 is 0 Å². The van der Waals surface area contributed by atoms with Crippen molar-refractivity contribution in [2.45, 2.75) is 173 Å². The topological polar surface area (TPSA) is 169 Å². The Balaban J connectivity index is 1.40. The van der Waals surface area contributed by atoms with Crippen molar-refractivity contribution in [3.05, 3.63) is 0 Å². The van der Waals surface area contributed by atoms with Crippen LogP contribution in [-0.2, 0) is 14.2 Å². The summed E-state index contributed by atoms with van der Waals surface area (Å²) in [7, 11) is 0. The molecule has 10 heteroatoms. The van der Waals surface area contributed by atoms with Crippen molar-refractivity contribution >= 4 is 0 Å². The second-order valence-electron chi connectivity index (χ2n) is 18.4. The van der Waals surface area contributed by atoms with E-state index in [2.05, 4.69) is 41.5 Å². The molecular weight excluding hydrogens is 592 g/mol. The van der Waals surface area contributed by atoms with Gasteiger partial charge in [-0.05, 0) is 117 Å². The van der Waals surface area contributed by atoms with Gasteiger partial charge in [0.15, 0.2) is 6.29 Å². The highest BCUT2D eigenvalue weighted by Gasteiger charge is 2.74. The molecule has 2 heterocycles. The van der Waals surface area contributed by atoms with E-state index in [1.54, 1.807) is 0 Å². The van der Waals surface area contributed by atoms with Gasteiger partial charge in [0.2, 0.25) is 0 Å². The third-order valence-electron chi connectivity index (χ3n) is 15.4. The molecule has 0 radical (unpaired) electrons. The number of aliphatic hydroxyl groups excluding tert-OH is 7. The summed E-state index contributed by atoms with van der Waals surface area (Å²) < 4.78 is 19.4. The van der Waals surface area contributed by atoms with E-state index in [-0.39, 0.29) is 39.9 Å². The Labute approximate surface area is 274 Å². The van der Waals surface area contributed by atoms with Gasteiger partial charge >= 0.3 is 0 Å². The summed E-state index contributed by atoms with van der Waals surface area (Å²) in [5.74, 6) is 0.0667. The fraction of sp³-hybridized carbons (Fsp3) is 1.00. The van der Waals surface area contributed by atoms with E-state index in [4.69, 9.17) is 14.2 Å². The van der Waals surface area contributed by atoms with Crippen LogP contribution in [0.3, 0.4) is 0 Å². The molecule has 6 rings (SSSR count). The predicted octanol–water partition coefficient (Wildman–Crippen LogP) is 2.51. The van der Waals surface area contributed by atoms with Gasteiger partial charge in [-0.1, -0.05) is 34.6 Å². The van der Waals surface area contributed by atoms with Gasteiger partial charge in [-0.2, -0.15) is 0 Å². The maximum atomic E-state index is 12.2. The molecule has 0 amide bonds. The molecule has 7 N–H and O–H groups in total. The third-order valence-corrected chi connectivity index (χ3v) is 15.4. The second kappa shape index (κ2) is 11.3. The lowest BCUT2D eigenvalue weighted by molar-refractivity contribution is -0.347. The van der Waals surface area contributed by atoms with E-state index in [9.17, 15) is 35.7 Å². The number of fused-ring (bicyclic) bond motifs is 5. The molecule has 2 aliphatic heterocycles. The Morgan fingerprint density at radius 2 is 1.39 bits per heavy atom. The zero-order valence-electron chi connectivity index (χ0n) is 29.2. The lowest BCUT2D eigenvalue weighted by atomic mass is 9.34. The average Bonchev–Trinajstić information content (AvgIpc) is 3.35. The van der Waals surface area contributed by atoms with Crippen LogP contribution in [0.4, 0.5) is 0 Å². The van der Waals surface area contributed by atoms with E-state index in [1.807, 2.05) is 13.8 Å². The highest BCUT2D eigenvalue weighted by Crippen LogP contribution is 2.76. The van der Waals surface area contributed by atoms with Crippen molar-refractivity contribution in [3.8, 4) is 0 Å². The average molecular weight is 655 g/mol. The molecule has 6 fully saturated rings. The summed E-state index contributed by atoms with van der Waals surface area (Å²) >= 11 is 0. The van der Waals surface area contributed by atoms with Crippen LogP contribution in [-0.4, -0.2) is 109 Å². The number of hydrogen-bond acceptors (Lipinski definition) is 10. The maximum Gasteiger partial charge on any atom is 0.186 e. The lowest BCUT2D eigenvalue weighted by Crippen LogP contribution is -2.71. The number of rotatable bonds is 4. The molecule has 0 bridgehead atoms. The molecule has 2 saturated heterocycles. The monoisotopic (exact) mass is 654 g/mol. The van der Waals surface area contributed by atoms with Gasteiger partial charge in [0.1, 0.15) is 24.4 Å². The molecule has 6 aliphatic rings. The quantitative estimate of drug-likeness (QED) is 0.224. The molecule has 0 aromatic heterocycles. The van der Waals surface area contributed by atoms with Crippen molar-refractivity contribution in [2.24, 2.45) is 45.3 Å². The van der Waals surface area contributed by atoms with Gasteiger partial charge in [-0.3, -0.25) is 0 Å². The maximum absolute atomic E-state index is 12.2. The zero-order valence-corrected chi connectivity index (χ0v) is 29.2. The highest BCUT2D eigenvalue weighted by molar-refractivity contribution is 5.22. The molecule has 0 aromatic rings. The molecule has 0 unspecified atom stereocenters. The fourth-order valence-corrected chi connectivity index (χ4v) is 12.8. The first-order valence-corrected chi connectivity index (χ1v) is 17.9. The molecule has 46 heavy (non-hydrogen) atoms. The second-order valence-corrected chi connectivity index (χ2v) is 18.4. The Morgan fingerprint density at radius 1 is 0.739 bits per heavy atom. The van der Waals surface area contributed by atoms with E-state index < -0.39 is 78.3 Å². The van der Waals surface area contributed by atoms with Crippen molar-refractivity contribution in [3.63, 3.8) is 0 Å². The van der Waals surface area contributed by atoms with Crippen molar-refractivity contribution < 1.29 is 50.0 Å². The van der Waals surface area contributed by atoms with Crippen molar-refractivity contribution in [2.75, 3.05) is 6.61 Å². The summed E-state index contributed by atoms with van der Waals surface area (Å²) in [6, 6.07) is 0. The summed E-state index contributed by atoms with van der Waals surface area (Å²) in [5.41, 5.74) is -2.61. The van der Waals surface area contributed by atoms with Crippen LogP contribution in [0.2, 0.25) is 0 Å². The molecule has 4 saturated carbocycles. The SMILES string of the molecule is CC1(C)O[C@](C)([C@H]2CC[C@]3(C)[C@@H]2[C@H](O)C[C@@H]2[C@@]4(C)CC[C@H](O)C(C)(C)[C@@H]4[C@@H](O[C@@H]4O[C@H](CO)[C@@H](O)[C@H](O)[C@H]4O)C[C@]23C)CC[C@H]1O. The Morgan fingerprint density at radius 3 is 2.02 bits per heavy atom. The smallest absolute Gasteiger partial charge is 0.186 e. The minimum atomic E-state index is -1.54. The van der Waals surface area contributed by atoms with E-state index in [0.29, 0.717) is 25.7 Å². The molecule has 17 atom stereocenters. The van der Waals surface area contributed by atoms with Crippen molar-refractivity contribution in [1.82, 2.24) is 0 Å². The molecule has 0 spiro atoms.